The maximum absolute atomic E-state index is 12.9. The average molecular weight is 406 g/mol. The first kappa shape index (κ1) is 19.6. The molecule has 0 bridgehead atoms. The van der Waals surface area contributed by atoms with Crippen LogP contribution >= 0.6 is 0 Å². The maximum atomic E-state index is 12.9. The molecule has 30 heavy (non-hydrogen) atoms. The molecule has 1 atom stereocenters. The largest absolute Gasteiger partial charge is 0.459 e. The van der Waals surface area contributed by atoms with E-state index in [4.69, 9.17) is 4.42 Å². The Hall–Kier alpha value is -3.68. The third-order valence-electron chi connectivity index (χ3n) is 5.11. The van der Waals surface area contributed by atoms with Gasteiger partial charge in [0, 0.05) is 29.6 Å². The van der Waals surface area contributed by atoms with Crippen molar-refractivity contribution in [1.29, 1.82) is 0 Å². The van der Waals surface area contributed by atoms with Crippen LogP contribution in [-0.2, 0) is 11.2 Å². The number of furan rings is 1. The van der Waals surface area contributed by atoms with Crippen LogP contribution in [0.5, 0.6) is 0 Å². The number of H-pyrrole nitrogens is 1. The lowest BCUT2D eigenvalue weighted by atomic mass is 10.1. The summed E-state index contributed by atoms with van der Waals surface area (Å²) in [6, 6.07) is 11.3. The first-order valence-electron chi connectivity index (χ1n) is 9.91. The van der Waals surface area contributed by atoms with Crippen LogP contribution in [0.15, 0.2) is 57.9 Å². The number of aryl methyl sites for hydroxylation is 1. The van der Waals surface area contributed by atoms with Gasteiger partial charge in [-0.25, -0.2) is 4.98 Å². The van der Waals surface area contributed by atoms with Crippen LogP contribution < -0.4 is 10.9 Å². The lowest BCUT2D eigenvalue weighted by molar-refractivity contribution is -0.119. The molecule has 1 unspecified atom stereocenters. The van der Waals surface area contributed by atoms with Crippen LogP contribution in [0.4, 0.5) is 5.69 Å². The smallest absolute Gasteiger partial charge is 0.290 e. The molecule has 1 aliphatic heterocycles. The van der Waals surface area contributed by atoms with Crippen LogP contribution in [0.1, 0.15) is 36.0 Å². The normalized spacial score (nSPS) is 15.9. The summed E-state index contributed by atoms with van der Waals surface area (Å²) in [6.45, 7) is 2.44. The molecule has 0 aliphatic carbocycles. The summed E-state index contributed by atoms with van der Waals surface area (Å²) in [4.78, 5) is 46.1. The Morgan fingerprint density at radius 1 is 1.27 bits per heavy atom. The molecular weight excluding hydrogens is 384 g/mol. The lowest BCUT2D eigenvalue weighted by Crippen LogP contribution is -2.43. The topological polar surface area (TPSA) is 108 Å². The van der Waals surface area contributed by atoms with E-state index < -0.39 is 6.04 Å². The van der Waals surface area contributed by atoms with Gasteiger partial charge >= 0.3 is 0 Å². The van der Waals surface area contributed by atoms with E-state index in [0.29, 0.717) is 42.2 Å². The Kier molecular flexibility index (Phi) is 5.47. The highest BCUT2D eigenvalue weighted by atomic mass is 16.3. The molecule has 2 aromatic heterocycles. The molecule has 8 nitrogen and oxygen atoms in total. The number of carbonyl (C=O) groups is 2. The highest BCUT2D eigenvalue weighted by Crippen LogP contribution is 2.23. The van der Waals surface area contributed by atoms with E-state index in [-0.39, 0.29) is 23.1 Å². The monoisotopic (exact) mass is 406 g/mol. The van der Waals surface area contributed by atoms with Gasteiger partial charge in [-0.15, -0.1) is 0 Å². The van der Waals surface area contributed by atoms with Crippen molar-refractivity contribution in [2.24, 2.45) is 0 Å². The molecule has 1 aromatic carbocycles. The molecule has 154 valence electrons. The van der Waals surface area contributed by atoms with Gasteiger partial charge in [-0.05, 0) is 43.5 Å². The number of carbonyl (C=O) groups excluding carboxylic acids is 2. The van der Waals surface area contributed by atoms with Gasteiger partial charge in [0.1, 0.15) is 11.9 Å². The third-order valence-corrected chi connectivity index (χ3v) is 5.11. The molecule has 1 fully saturated rings. The average Bonchev–Trinajstić information content (AvgIpc) is 3.45. The van der Waals surface area contributed by atoms with Gasteiger partial charge in [0.2, 0.25) is 5.91 Å². The summed E-state index contributed by atoms with van der Waals surface area (Å²) in [7, 11) is 0. The quantitative estimate of drug-likeness (QED) is 0.677. The number of nitrogens with zero attached hydrogens (tertiary/aromatic N) is 2. The number of hydrogen-bond acceptors (Lipinski definition) is 5. The van der Waals surface area contributed by atoms with Crippen LogP contribution in [0.3, 0.4) is 0 Å². The Balaban J connectivity index is 1.52. The second-order valence-corrected chi connectivity index (χ2v) is 7.14. The molecule has 3 aromatic rings. The minimum absolute atomic E-state index is 0.218. The molecule has 0 saturated carbocycles. The first-order valence-corrected chi connectivity index (χ1v) is 9.91. The van der Waals surface area contributed by atoms with Gasteiger partial charge in [0.25, 0.3) is 11.5 Å². The van der Waals surface area contributed by atoms with E-state index in [1.165, 1.54) is 12.3 Å². The van der Waals surface area contributed by atoms with Crippen LogP contribution in [0, 0.1) is 0 Å². The van der Waals surface area contributed by atoms with E-state index >= 15 is 0 Å². The number of aromatic nitrogens is 2. The van der Waals surface area contributed by atoms with E-state index in [2.05, 4.69) is 15.3 Å². The molecule has 4 rings (SSSR count). The number of rotatable bonds is 5. The van der Waals surface area contributed by atoms with E-state index in [0.717, 1.165) is 6.42 Å². The first-order chi connectivity index (χ1) is 14.5. The second kappa shape index (κ2) is 8.36. The number of likely N-dealkylation sites (tertiary alicyclic amines) is 1. The van der Waals surface area contributed by atoms with Crippen molar-refractivity contribution in [2.45, 2.75) is 32.2 Å². The standard InChI is InChI=1S/C22H22N4O4/c1-2-15-13-19(27)25-20(23-15)14-6-3-7-16(12-14)24-21(28)17-8-4-10-26(17)22(29)18-9-5-11-30-18/h3,5-7,9,11-13,17H,2,4,8,10H2,1H3,(H,24,28)(H,23,25,27). The van der Waals surface area contributed by atoms with Gasteiger partial charge in [0.15, 0.2) is 5.76 Å². The second-order valence-electron chi connectivity index (χ2n) is 7.14. The predicted molar refractivity (Wildman–Crippen MR) is 111 cm³/mol. The Morgan fingerprint density at radius 2 is 2.13 bits per heavy atom. The summed E-state index contributed by atoms with van der Waals surface area (Å²) in [5, 5.41) is 2.88. The summed E-state index contributed by atoms with van der Waals surface area (Å²) < 4.78 is 5.19. The summed E-state index contributed by atoms with van der Waals surface area (Å²) in [5.41, 5.74) is 1.74. The van der Waals surface area contributed by atoms with E-state index in [1.807, 2.05) is 13.0 Å². The Morgan fingerprint density at radius 3 is 2.90 bits per heavy atom. The number of nitrogens with one attached hydrogen (secondary N) is 2. The summed E-state index contributed by atoms with van der Waals surface area (Å²) >= 11 is 0. The number of hydrogen-bond donors (Lipinski definition) is 2. The zero-order chi connectivity index (χ0) is 21.1. The fourth-order valence-electron chi connectivity index (χ4n) is 3.62. The number of anilines is 1. The van der Waals surface area contributed by atoms with Gasteiger partial charge in [-0.2, -0.15) is 0 Å². The highest BCUT2D eigenvalue weighted by Gasteiger charge is 2.35. The molecule has 1 saturated heterocycles. The van der Waals surface area contributed by atoms with E-state index in [1.54, 1.807) is 35.2 Å². The summed E-state index contributed by atoms with van der Waals surface area (Å²) in [5.74, 6) is 0.131. The lowest BCUT2D eigenvalue weighted by Gasteiger charge is -2.23. The molecule has 3 heterocycles. The van der Waals surface area contributed by atoms with Crippen molar-refractivity contribution < 1.29 is 14.0 Å². The van der Waals surface area contributed by atoms with Crippen molar-refractivity contribution in [2.75, 3.05) is 11.9 Å². The number of aromatic amines is 1. The molecule has 0 spiro atoms. The van der Waals surface area contributed by atoms with Crippen molar-refractivity contribution >= 4 is 17.5 Å². The molecule has 1 aliphatic rings. The fourth-order valence-corrected chi connectivity index (χ4v) is 3.62. The summed E-state index contributed by atoms with van der Waals surface area (Å²) in [6.07, 6.45) is 3.43. The highest BCUT2D eigenvalue weighted by molar-refractivity contribution is 6.00. The Labute approximate surface area is 172 Å². The zero-order valence-corrected chi connectivity index (χ0v) is 16.6. The van der Waals surface area contributed by atoms with Crippen LogP contribution in [-0.4, -0.2) is 39.3 Å². The van der Waals surface area contributed by atoms with Crippen LogP contribution in [0.2, 0.25) is 0 Å². The van der Waals surface area contributed by atoms with Crippen molar-refractivity contribution in [3.8, 4) is 11.4 Å². The molecular formula is C22H22N4O4. The molecule has 2 N–H and O–H groups in total. The van der Waals surface area contributed by atoms with Crippen molar-refractivity contribution in [3.05, 3.63) is 70.5 Å². The number of benzene rings is 1. The molecule has 8 heteroatoms. The minimum atomic E-state index is -0.562. The Bertz CT molecular complexity index is 1120. The predicted octanol–water partition coefficient (Wildman–Crippen LogP) is 2.84. The SMILES string of the molecule is CCc1cc(=O)[nH]c(-c2cccc(NC(=O)C3CCCN3C(=O)c3ccco3)c2)n1. The fraction of sp³-hybridized carbons (Fsp3) is 0.273. The van der Waals surface area contributed by atoms with Gasteiger partial charge in [-0.1, -0.05) is 19.1 Å². The minimum Gasteiger partial charge on any atom is -0.459 e. The molecule has 2 amide bonds. The van der Waals surface area contributed by atoms with Gasteiger partial charge in [0.05, 0.1) is 6.26 Å². The maximum Gasteiger partial charge on any atom is 0.290 e. The van der Waals surface area contributed by atoms with E-state index in [9.17, 15) is 14.4 Å². The zero-order valence-electron chi connectivity index (χ0n) is 16.6. The van der Waals surface area contributed by atoms with Crippen molar-refractivity contribution in [1.82, 2.24) is 14.9 Å². The molecule has 0 radical (unpaired) electrons. The van der Waals surface area contributed by atoms with Crippen LogP contribution in [0.25, 0.3) is 11.4 Å². The third kappa shape index (κ3) is 4.03. The van der Waals surface area contributed by atoms with Gasteiger partial charge in [-0.3, -0.25) is 14.4 Å². The number of amides is 2. The van der Waals surface area contributed by atoms with Crippen molar-refractivity contribution in [3.63, 3.8) is 0 Å². The van der Waals surface area contributed by atoms with Gasteiger partial charge < -0.3 is 19.6 Å².